The number of carbonyl (C=O) groups is 2. The summed E-state index contributed by atoms with van der Waals surface area (Å²) in [4.78, 5) is 23.1. The molecule has 1 unspecified atom stereocenters. The van der Waals surface area contributed by atoms with Crippen molar-refractivity contribution >= 4 is 11.9 Å². The summed E-state index contributed by atoms with van der Waals surface area (Å²) in [5.74, 6) is -2.85. The molecular weight excluding hydrogens is 244 g/mol. The van der Waals surface area contributed by atoms with Gasteiger partial charge in [-0.3, -0.25) is 4.79 Å². The lowest BCUT2D eigenvalue weighted by Crippen LogP contribution is -2.47. The molecule has 0 aromatic carbocycles. The molecule has 0 aliphatic heterocycles. The van der Waals surface area contributed by atoms with E-state index >= 15 is 0 Å². The summed E-state index contributed by atoms with van der Waals surface area (Å²) in [6.45, 7) is 11.0. The molecule has 0 aromatic heterocycles. The Labute approximate surface area is 113 Å². The van der Waals surface area contributed by atoms with E-state index in [9.17, 15) is 19.8 Å². The van der Waals surface area contributed by atoms with Crippen LogP contribution in [0.15, 0.2) is 22.8 Å². The van der Waals surface area contributed by atoms with E-state index in [4.69, 9.17) is 0 Å². The molecule has 1 rings (SSSR count). The molecule has 0 radical (unpaired) electrons. The Bertz CT molecular complexity index is 488. The number of rotatable bonds is 2. The molecule has 4 heteroatoms. The molecule has 0 fully saturated rings. The highest BCUT2D eigenvalue weighted by molar-refractivity contribution is 5.95. The normalized spacial score (nSPS) is 24.6. The lowest BCUT2D eigenvalue weighted by molar-refractivity contribution is -0.146. The number of hydrogen-bond acceptors (Lipinski definition) is 2. The molecule has 0 saturated carbocycles. The second-order valence-electron chi connectivity index (χ2n) is 6.49. The second-order valence-corrected chi connectivity index (χ2v) is 6.49. The standard InChI is InChI=1S/C15H22O4/c1-8(2)10-9(12(16)17)7-14(3,4)15(5,6)11(10)13(18)19/h7,11H,1-6H3,(H,16,17)(H,18,19). The number of carboxylic acids is 2. The first-order valence-electron chi connectivity index (χ1n) is 6.30. The van der Waals surface area contributed by atoms with Crippen LogP contribution in [-0.2, 0) is 9.59 Å². The zero-order valence-electron chi connectivity index (χ0n) is 12.4. The lowest BCUT2D eigenvalue weighted by Gasteiger charge is -2.48. The van der Waals surface area contributed by atoms with Gasteiger partial charge in [0.2, 0.25) is 0 Å². The molecule has 0 saturated heterocycles. The number of allylic oxidation sites excluding steroid dienone is 2. The van der Waals surface area contributed by atoms with Crippen molar-refractivity contribution in [2.75, 3.05) is 0 Å². The van der Waals surface area contributed by atoms with E-state index in [-0.39, 0.29) is 5.57 Å². The van der Waals surface area contributed by atoms with Gasteiger partial charge in [-0.2, -0.15) is 0 Å². The fourth-order valence-corrected chi connectivity index (χ4v) is 2.68. The maximum Gasteiger partial charge on any atom is 0.335 e. The van der Waals surface area contributed by atoms with Crippen molar-refractivity contribution in [3.63, 3.8) is 0 Å². The molecule has 4 nitrogen and oxygen atoms in total. The number of carboxylic acid groups (broad SMARTS) is 2. The van der Waals surface area contributed by atoms with Crippen LogP contribution in [0, 0.1) is 16.7 Å². The molecule has 2 N–H and O–H groups in total. The quantitative estimate of drug-likeness (QED) is 0.805. The monoisotopic (exact) mass is 266 g/mol. The van der Waals surface area contributed by atoms with Gasteiger partial charge in [-0.05, 0) is 30.3 Å². The largest absolute Gasteiger partial charge is 0.481 e. The molecule has 0 heterocycles. The van der Waals surface area contributed by atoms with Gasteiger partial charge in [0, 0.05) is 0 Å². The third-order valence-electron chi connectivity index (χ3n) is 4.48. The van der Waals surface area contributed by atoms with E-state index in [1.807, 2.05) is 27.7 Å². The van der Waals surface area contributed by atoms with Gasteiger partial charge in [0.15, 0.2) is 0 Å². The van der Waals surface area contributed by atoms with Crippen LogP contribution in [0.2, 0.25) is 0 Å². The van der Waals surface area contributed by atoms with Crippen LogP contribution in [0.5, 0.6) is 0 Å². The zero-order chi connectivity index (χ0) is 15.2. The predicted molar refractivity (Wildman–Crippen MR) is 72.8 cm³/mol. The van der Waals surface area contributed by atoms with Crippen molar-refractivity contribution in [3.8, 4) is 0 Å². The Kier molecular flexibility index (Phi) is 3.67. The van der Waals surface area contributed by atoms with E-state index in [0.29, 0.717) is 5.57 Å². The fourth-order valence-electron chi connectivity index (χ4n) is 2.68. The molecule has 0 amide bonds. The van der Waals surface area contributed by atoms with Crippen molar-refractivity contribution < 1.29 is 19.8 Å². The third-order valence-corrected chi connectivity index (χ3v) is 4.48. The summed E-state index contributed by atoms with van der Waals surface area (Å²) in [6, 6.07) is 0. The topological polar surface area (TPSA) is 74.6 Å². The minimum Gasteiger partial charge on any atom is -0.481 e. The van der Waals surface area contributed by atoms with Crippen molar-refractivity contribution in [1.29, 1.82) is 0 Å². The van der Waals surface area contributed by atoms with Gasteiger partial charge >= 0.3 is 11.9 Å². The van der Waals surface area contributed by atoms with Crippen LogP contribution in [0.4, 0.5) is 0 Å². The molecule has 0 bridgehead atoms. The molecule has 106 valence electrons. The van der Waals surface area contributed by atoms with Crippen molar-refractivity contribution in [2.24, 2.45) is 16.7 Å². The van der Waals surface area contributed by atoms with Crippen molar-refractivity contribution in [2.45, 2.75) is 41.5 Å². The van der Waals surface area contributed by atoms with Gasteiger partial charge in [-0.15, -0.1) is 0 Å². The second kappa shape index (κ2) is 4.51. The van der Waals surface area contributed by atoms with E-state index in [0.717, 1.165) is 5.57 Å². The minimum absolute atomic E-state index is 0.122. The minimum atomic E-state index is -1.06. The van der Waals surface area contributed by atoms with Crippen LogP contribution in [0.1, 0.15) is 41.5 Å². The van der Waals surface area contributed by atoms with Gasteiger partial charge in [0.1, 0.15) is 0 Å². The molecule has 19 heavy (non-hydrogen) atoms. The van der Waals surface area contributed by atoms with E-state index < -0.39 is 28.7 Å². The Balaban J connectivity index is 3.72. The van der Waals surface area contributed by atoms with E-state index in [2.05, 4.69) is 0 Å². The summed E-state index contributed by atoms with van der Waals surface area (Å²) in [5, 5.41) is 18.9. The number of hydrogen-bond donors (Lipinski definition) is 2. The van der Waals surface area contributed by atoms with E-state index in [1.165, 1.54) is 0 Å². The summed E-state index contributed by atoms with van der Waals surface area (Å²) in [7, 11) is 0. The Morgan fingerprint density at radius 1 is 1.11 bits per heavy atom. The van der Waals surface area contributed by atoms with Crippen LogP contribution in [0.3, 0.4) is 0 Å². The summed E-state index contributed by atoms with van der Waals surface area (Å²) < 4.78 is 0. The molecular formula is C15H22O4. The summed E-state index contributed by atoms with van der Waals surface area (Å²) in [5.41, 5.74) is 0.221. The average molecular weight is 266 g/mol. The van der Waals surface area contributed by atoms with Crippen LogP contribution < -0.4 is 0 Å². The zero-order valence-corrected chi connectivity index (χ0v) is 12.4. The third kappa shape index (κ3) is 2.31. The maximum absolute atomic E-state index is 11.7. The van der Waals surface area contributed by atoms with Crippen LogP contribution in [-0.4, -0.2) is 22.2 Å². The molecule has 1 aliphatic carbocycles. The molecule has 0 aromatic rings. The average Bonchev–Trinajstić information content (AvgIpc) is 2.19. The van der Waals surface area contributed by atoms with Crippen LogP contribution in [0.25, 0.3) is 0 Å². The molecule has 0 spiro atoms. The predicted octanol–water partition coefficient (Wildman–Crippen LogP) is 3.10. The highest BCUT2D eigenvalue weighted by Crippen LogP contribution is 2.54. The van der Waals surface area contributed by atoms with Gasteiger partial charge in [-0.1, -0.05) is 39.3 Å². The van der Waals surface area contributed by atoms with Gasteiger partial charge in [0.05, 0.1) is 11.5 Å². The van der Waals surface area contributed by atoms with Crippen LogP contribution >= 0.6 is 0 Å². The highest BCUT2D eigenvalue weighted by atomic mass is 16.4. The molecule has 1 atom stereocenters. The smallest absolute Gasteiger partial charge is 0.335 e. The maximum atomic E-state index is 11.7. The first kappa shape index (κ1) is 15.5. The Morgan fingerprint density at radius 3 is 1.89 bits per heavy atom. The van der Waals surface area contributed by atoms with Gasteiger partial charge < -0.3 is 10.2 Å². The Hall–Kier alpha value is -1.58. The van der Waals surface area contributed by atoms with E-state index in [1.54, 1.807) is 19.9 Å². The summed E-state index contributed by atoms with van der Waals surface area (Å²) >= 11 is 0. The number of aliphatic carboxylic acids is 2. The first-order valence-corrected chi connectivity index (χ1v) is 6.30. The lowest BCUT2D eigenvalue weighted by atomic mass is 9.54. The molecule has 1 aliphatic rings. The van der Waals surface area contributed by atoms with Gasteiger partial charge in [-0.25, -0.2) is 4.79 Å². The summed E-state index contributed by atoms with van der Waals surface area (Å²) in [6.07, 6.45) is 1.69. The van der Waals surface area contributed by atoms with Crippen molar-refractivity contribution in [1.82, 2.24) is 0 Å². The Morgan fingerprint density at radius 2 is 1.58 bits per heavy atom. The first-order chi connectivity index (χ1) is 8.43. The van der Waals surface area contributed by atoms with Gasteiger partial charge in [0.25, 0.3) is 0 Å². The fraction of sp³-hybridized carbons (Fsp3) is 0.600. The highest BCUT2D eigenvalue weighted by Gasteiger charge is 2.52. The van der Waals surface area contributed by atoms with Crippen molar-refractivity contribution in [3.05, 3.63) is 22.8 Å². The SMILES string of the molecule is CC(C)=C1C(C(=O)O)=CC(C)(C)C(C)(C)C1C(=O)O.